The van der Waals surface area contributed by atoms with E-state index in [9.17, 15) is 4.79 Å². The Morgan fingerprint density at radius 2 is 1.76 bits per heavy atom. The highest BCUT2D eigenvalue weighted by atomic mass is 16.1. The Hall–Kier alpha value is -1.32. The minimum Gasteiger partial charge on any atom is -0.356 e. The van der Waals surface area contributed by atoms with Crippen molar-refractivity contribution in [1.29, 1.82) is 0 Å². The van der Waals surface area contributed by atoms with Gasteiger partial charge in [-0.3, -0.25) is 9.48 Å². The molecule has 0 saturated heterocycles. The molecule has 1 aromatic rings. The zero-order valence-corrected chi connectivity index (χ0v) is 16.1. The summed E-state index contributed by atoms with van der Waals surface area (Å²) in [6, 6.07) is 0. The number of carbonyl (C=O) groups is 1. The summed E-state index contributed by atoms with van der Waals surface area (Å²) in [5, 5.41) is 7.65. The number of nitrogens with zero attached hydrogens (tertiary/aromatic N) is 2. The number of rotatable bonds is 6. The van der Waals surface area contributed by atoms with Crippen LogP contribution in [0.4, 0.5) is 0 Å². The van der Waals surface area contributed by atoms with Crippen LogP contribution in [0.25, 0.3) is 0 Å². The first-order valence-corrected chi connectivity index (χ1v) is 10.2. The van der Waals surface area contributed by atoms with Crippen molar-refractivity contribution in [1.82, 2.24) is 15.1 Å². The highest BCUT2D eigenvalue weighted by Gasteiger charge is 2.50. The molecule has 0 unspecified atom stereocenters. The third-order valence-corrected chi connectivity index (χ3v) is 7.40. The standard InChI is InChI=1S/C21H33N3O/c1-14-19(15(2)24(3)23-14)4-5-20(25)22-7-6-21-11-16-8-17(12-21)10-18(9-16)13-21/h16-18H,4-13H2,1-3H3,(H,22,25). The molecule has 4 heteroatoms. The van der Waals surface area contributed by atoms with Gasteiger partial charge in [-0.2, -0.15) is 5.10 Å². The highest BCUT2D eigenvalue weighted by molar-refractivity contribution is 5.76. The van der Waals surface area contributed by atoms with Gasteiger partial charge in [-0.1, -0.05) is 0 Å². The molecule has 4 fully saturated rings. The van der Waals surface area contributed by atoms with Gasteiger partial charge in [0.15, 0.2) is 0 Å². The number of hydrogen-bond acceptors (Lipinski definition) is 2. The molecule has 0 aliphatic heterocycles. The molecule has 4 saturated carbocycles. The van der Waals surface area contributed by atoms with Crippen LogP contribution in [0.3, 0.4) is 0 Å². The average Bonchev–Trinajstić information content (AvgIpc) is 2.76. The second-order valence-electron chi connectivity index (χ2n) is 9.29. The van der Waals surface area contributed by atoms with Crippen molar-refractivity contribution in [3.63, 3.8) is 0 Å². The molecule has 0 radical (unpaired) electrons. The molecule has 138 valence electrons. The fourth-order valence-corrected chi connectivity index (χ4v) is 6.57. The summed E-state index contributed by atoms with van der Waals surface area (Å²) in [7, 11) is 1.97. The van der Waals surface area contributed by atoms with Crippen LogP contribution in [0, 0.1) is 37.0 Å². The molecular formula is C21H33N3O. The zero-order valence-electron chi connectivity index (χ0n) is 16.1. The number of hydrogen-bond donors (Lipinski definition) is 1. The number of nitrogens with one attached hydrogen (secondary N) is 1. The van der Waals surface area contributed by atoms with Gasteiger partial charge in [-0.25, -0.2) is 0 Å². The lowest BCUT2D eigenvalue weighted by Gasteiger charge is -2.57. The van der Waals surface area contributed by atoms with E-state index in [0.717, 1.165) is 36.4 Å². The molecule has 1 amide bonds. The Morgan fingerprint density at radius 1 is 1.16 bits per heavy atom. The van der Waals surface area contributed by atoms with E-state index in [4.69, 9.17) is 0 Å². The van der Waals surface area contributed by atoms with Gasteiger partial charge in [-0.05, 0) is 93.9 Å². The summed E-state index contributed by atoms with van der Waals surface area (Å²) in [4.78, 5) is 12.3. The summed E-state index contributed by atoms with van der Waals surface area (Å²) >= 11 is 0. The lowest BCUT2D eigenvalue weighted by Crippen LogP contribution is -2.47. The van der Waals surface area contributed by atoms with Crippen LogP contribution in [0.1, 0.15) is 68.3 Å². The Balaban J connectivity index is 1.24. The maximum absolute atomic E-state index is 12.3. The molecular weight excluding hydrogens is 310 g/mol. The van der Waals surface area contributed by atoms with Gasteiger partial charge >= 0.3 is 0 Å². The van der Waals surface area contributed by atoms with E-state index < -0.39 is 0 Å². The minimum atomic E-state index is 0.201. The van der Waals surface area contributed by atoms with Crippen molar-refractivity contribution in [2.75, 3.05) is 6.54 Å². The normalized spacial score (nSPS) is 33.0. The average molecular weight is 344 g/mol. The smallest absolute Gasteiger partial charge is 0.220 e. The second kappa shape index (κ2) is 6.44. The molecule has 4 aliphatic rings. The molecule has 1 heterocycles. The minimum absolute atomic E-state index is 0.201. The van der Waals surface area contributed by atoms with Gasteiger partial charge in [0.05, 0.1) is 5.69 Å². The summed E-state index contributed by atoms with van der Waals surface area (Å²) in [6.45, 7) is 4.99. The van der Waals surface area contributed by atoms with Crippen molar-refractivity contribution < 1.29 is 4.79 Å². The van der Waals surface area contributed by atoms with E-state index in [0.29, 0.717) is 11.8 Å². The fourth-order valence-electron chi connectivity index (χ4n) is 6.57. The van der Waals surface area contributed by atoms with Crippen molar-refractivity contribution in [2.45, 2.75) is 71.6 Å². The van der Waals surface area contributed by atoms with E-state index in [-0.39, 0.29) is 5.91 Å². The molecule has 1 aromatic heterocycles. The largest absolute Gasteiger partial charge is 0.356 e. The molecule has 0 spiro atoms. The maximum atomic E-state index is 12.3. The maximum Gasteiger partial charge on any atom is 0.220 e. The Bertz CT molecular complexity index is 625. The summed E-state index contributed by atoms with van der Waals surface area (Å²) in [5.41, 5.74) is 4.04. The predicted molar refractivity (Wildman–Crippen MR) is 99.2 cm³/mol. The van der Waals surface area contributed by atoms with Crippen LogP contribution in [0.15, 0.2) is 0 Å². The summed E-state index contributed by atoms with van der Waals surface area (Å²) in [5.74, 6) is 3.20. The zero-order chi connectivity index (χ0) is 17.6. The predicted octanol–water partition coefficient (Wildman–Crippen LogP) is 3.69. The summed E-state index contributed by atoms with van der Waals surface area (Å²) < 4.78 is 1.91. The van der Waals surface area contributed by atoms with Crippen LogP contribution in [0.2, 0.25) is 0 Å². The van der Waals surface area contributed by atoms with E-state index in [1.165, 1.54) is 56.2 Å². The van der Waals surface area contributed by atoms with E-state index in [1.807, 2.05) is 18.7 Å². The Morgan fingerprint density at radius 3 is 2.28 bits per heavy atom. The first-order chi connectivity index (χ1) is 11.9. The van der Waals surface area contributed by atoms with Crippen LogP contribution in [-0.2, 0) is 18.3 Å². The molecule has 0 atom stereocenters. The number of aromatic nitrogens is 2. The molecule has 0 aromatic carbocycles. The molecule has 4 nitrogen and oxygen atoms in total. The summed E-state index contributed by atoms with van der Waals surface area (Å²) in [6.07, 6.45) is 11.4. The topological polar surface area (TPSA) is 46.9 Å². The number of aryl methyl sites for hydroxylation is 2. The Kier molecular flexibility index (Phi) is 4.41. The lowest BCUT2D eigenvalue weighted by molar-refractivity contribution is -0.121. The van der Waals surface area contributed by atoms with Crippen LogP contribution in [0.5, 0.6) is 0 Å². The molecule has 4 aliphatic carbocycles. The molecule has 25 heavy (non-hydrogen) atoms. The van der Waals surface area contributed by atoms with Gasteiger partial charge in [-0.15, -0.1) is 0 Å². The van der Waals surface area contributed by atoms with Crippen molar-refractivity contribution in [3.8, 4) is 0 Å². The van der Waals surface area contributed by atoms with E-state index in [1.54, 1.807) is 0 Å². The first kappa shape index (κ1) is 17.1. The van der Waals surface area contributed by atoms with Gasteiger partial charge in [0.1, 0.15) is 0 Å². The van der Waals surface area contributed by atoms with Gasteiger partial charge in [0.25, 0.3) is 0 Å². The van der Waals surface area contributed by atoms with Crippen LogP contribution >= 0.6 is 0 Å². The highest BCUT2D eigenvalue weighted by Crippen LogP contribution is 2.61. The van der Waals surface area contributed by atoms with E-state index in [2.05, 4.69) is 17.3 Å². The third kappa shape index (κ3) is 3.37. The monoisotopic (exact) mass is 343 g/mol. The first-order valence-electron chi connectivity index (χ1n) is 10.2. The second-order valence-corrected chi connectivity index (χ2v) is 9.29. The number of carbonyl (C=O) groups excluding carboxylic acids is 1. The SMILES string of the molecule is Cc1nn(C)c(C)c1CCC(=O)NCCC12CC3CC(CC(C3)C1)C2. The van der Waals surface area contributed by atoms with Crippen molar-refractivity contribution in [2.24, 2.45) is 30.2 Å². The fraction of sp³-hybridized carbons (Fsp3) is 0.810. The molecule has 1 N–H and O–H groups in total. The van der Waals surface area contributed by atoms with Crippen LogP contribution < -0.4 is 5.32 Å². The molecule has 5 rings (SSSR count). The van der Waals surface area contributed by atoms with Gasteiger partial charge in [0, 0.05) is 25.7 Å². The molecule has 4 bridgehead atoms. The van der Waals surface area contributed by atoms with Crippen LogP contribution in [-0.4, -0.2) is 22.2 Å². The Labute approximate surface area is 151 Å². The van der Waals surface area contributed by atoms with Crippen molar-refractivity contribution >= 4 is 5.91 Å². The van der Waals surface area contributed by atoms with Crippen molar-refractivity contribution in [3.05, 3.63) is 17.0 Å². The third-order valence-electron chi connectivity index (χ3n) is 7.40. The van der Waals surface area contributed by atoms with E-state index >= 15 is 0 Å². The lowest BCUT2D eigenvalue weighted by atomic mass is 9.49. The van der Waals surface area contributed by atoms with Gasteiger partial charge in [0.2, 0.25) is 5.91 Å². The number of amides is 1. The quantitative estimate of drug-likeness (QED) is 0.856. The van der Waals surface area contributed by atoms with Gasteiger partial charge < -0.3 is 5.32 Å².